The summed E-state index contributed by atoms with van der Waals surface area (Å²) >= 11 is 0. The summed E-state index contributed by atoms with van der Waals surface area (Å²) in [4.78, 5) is 24.6. The molecule has 0 radical (unpaired) electrons. The third kappa shape index (κ3) is 4.36. The van der Waals surface area contributed by atoms with E-state index >= 15 is 0 Å². The van der Waals surface area contributed by atoms with Crippen molar-refractivity contribution in [3.63, 3.8) is 0 Å². The van der Waals surface area contributed by atoms with Crippen LogP contribution in [0.25, 0.3) is 11.1 Å². The van der Waals surface area contributed by atoms with Gasteiger partial charge in [0, 0.05) is 6.92 Å². The number of ether oxygens (including phenoxy) is 3. The van der Waals surface area contributed by atoms with E-state index in [1.54, 1.807) is 25.1 Å². The molecule has 210 valence electrons. The average Bonchev–Trinajstić information content (AvgIpc) is 3.73. The summed E-state index contributed by atoms with van der Waals surface area (Å²) in [6.45, 7) is 6.73. The molecule has 1 heterocycles. The Kier molecular flexibility index (Phi) is 6.68. The first-order valence-electron chi connectivity index (χ1n) is 13.7. The number of hydrogen-bond acceptors (Lipinski definition) is 6. The van der Waals surface area contributed by atoms with E-state index in [1.807, 2.05) is 60.7 Å². The topological polar surface area (TPSA) is 85.4 Å². The molecular formula is C36H30O6. The Morgan fingerprint density at radius 3 is 1.83 bits per heavy atom. The zero-order valence-electron chi connectivity index (χ0n) is 23.4. The van der Waals surface area contributed by atoms with Gasteiger partial charge in [0.25, 0.3) is 11.6 Å². The first kappa shape index (κ1) is 27.4. The predicted octanol–water partition coefficient (Wildman–Crippen LogP) is 6.14. The maximum Gasteiger partial charge on any atom is 0.298 e. The van der Waals surface area contributed by atoms with Crippen molar-refractivity contribution in [2.45, 2.75) is 30.8 Å². The highest BCUT2D eigenvalue weighted by Gasteiger charge is 2.54. The first-order valence-corrected chi connectivity index (χ1v) is 13.7. The van der Waals surface area contributed by atoms with Crippen molar-refractivity contribution in [1.82, 2.24) is 0 Å². The fraction of sp³-hybridized carbons (Fsp3) is 0.167. The lowest BCUT2D eigenvalue weighted by molar-refractivity contribution is -0.161. The molecule has 0 bridgehead atoms. The molecule has 42 heavy (non-hydrogen) atoms. The second-order valence-corrected chi connectivity index (χ2v) is 10.6. The van der Waals surface area contributed by atoms with Gasteiger partial charge < -0.3 is 19.3 Å². The summed E-state index contributed by atoms with van der Waals surface area (Å²) in [7, 11) is 0. The predicted molar refractivity (Wildman–Crippen MR) is 159 cm³/mol. The number of rotatable bonds is 10. The van der Waals surface area contributed by atoms with Crippen LogP contribution in [-0.2, 0) is 19.7 Å². The quantitative estimate of drug-likeness (QED) is 0.126. The lowest BCUT2D eigenvalue weighted by Gasteiger charge is -2.34. The second-order valence-electron chi connectivity index (χ2n) is 10.6. The number of carbonyl (C=O) groups is 2. The highest BCUT2D eigenvalue weighted by Crippen LogP contribution is 2.56. The van der Waals surface area contributed by atoms with Gasteiger partial charge in [0.15, 0.2) is 0 Å². The van der Waals surface area contributed by atoms with Crippen molar-refractivity contribution < 1.29 is 28.9 Å². The molecule has 0 amide bonds. The van der Waals surface area contributed by atoms with E-state index in [1.165, 1.54) is 13.0 Å². The van der Waals surface area contributed by atoms with Crippen molar-refractivity contribution in [2.75, 3.05) is 6.61 Å². The Balaban J connectivity index is 1.46. The van der Waals surface area contributed by atoms with Gasteiger partial charge >= 0.3 is 0 Å². The Morgan fingerprint density at radius 2 is 1.36 bits per heavy atom. The van der Waals surface area contributed by atoms with Gasteiger partial charge in [-0.2, -0.15) is 0 Å². The van der Waals surface area contributed by atoms with Crippen LogP contribution in [-0.4, -0.2) is 34.9 Å². The fourth-order valence-corrected chi connectivity index (χ4v) is 5.82. The van der Waals surface area contributed by atoms with E-state index < -0.39 is 22.8 Å². The molecule has 2 atom stereocenters. The molecule has 2 unspecified atom stereocenters. The summed E-state index contributed by atoms with van der Waals surface area (Å²) in [5.41, 5.74) is 5.80. The van der Waals surface area contributed by atoms with Crippen molar-refractivity contribution >= 4 is 11.6 Å². The SMILES string of the molecule is C=CC(=O)C(C)(O)Oc1ccc(C2(c3ccc(OC4(C(=O)/C=C/C)CO4)cc3)c3ccccc3-c3ccccc32)cc1. The van der Waals surface area contributed by atoms with Gasteiger partial charge in [-0.25, -0.2) is 0 Å². The maximum absolute atomic E-state index is 12.5. The number of aliphatic hydroxyl groups is 1. The van der Waals surface area contributed by atoms with Gasteiger partial charge in [-0.05, 0) is 76.7 Å². The summed E-state index contributed by atoms with van der Waals surface area (Å²) in [6, 6.07) is 31.9. The molecule has 1 aliphatic heterocycles. The van der Waals surface area contributed by atoms with Crippen LogP contribution < -0.4 is 9.47 Å². The molecule has 1 saturated heterocycles. The Hall–Kier alpha value is -4.78. The van der Waals surface area contributed by atoms with Crippen LogP contribution >= 0.6 is 0 Å². The van der Waals surface area contributed by atoms with Crippen molar-refractivity contribution in [1.29, 1.82) is 0 Å². The Morgan fingerprint density at radius 1 is 0.857 bits per heavy atom. The molecule has 1 aliphatic carbocycles. The number of carbonyl (C=O) groups excluding carboxylic acids is 2. The van der Waals surface area contributed by atoms with Gasteiger partial charge in [-0.1, -0.05) is 85.5 Å². The molecule has 2 aliphatic rings. The standard InChI is InChI=1S/C36H30O6/c1-4-10-33(38)35(23-40-35)42-27-21-17-25(18-22-27)36(24-15-19-26(20-16-24)41-34(3,39)32(37)5-2)30-13-8-6-11-28(30)29-12-7-9-14-31(29)36/h4-22,39H,2,23H2,1,3H3/b10-4+. The highest BCUT2D eigenvalue weighted by molar-refractivity contribution is 5.98. The van der Waals surface area contributed by atoms with Gasteiger partial charge in [0.2, 0.25) is 11.6 Å². The normalized spacial score (nSPS) is 19.3. The molecule has 0 spiro atoms. The van der Waals surface area contributed by atoms with Gasteiger partial charge in [-0.15, -0.1) is 0 Å². The summed E-state index contributed by atoms with van der Waals surface area (Å²) in [5.74, 6) is -3.27. The van der Waals surface area contributed by atoms with Crippen molar-refractivity contribution in [2.24, 2.45) is 0 Å². The number of epoxide rings is 1. The molecule has 4 aromatic carbocycles. The van der Waals surface area contributed by atoms with Crippen LogP contribution in [0.3, 0.4) is 0 Å². The molecule has 6 nitrogen and oxygen atoms in total. The zero-order chi connectivity index (χ0) is 29.5. The Labute approximate surface area is 244 Å². The minimum absolute atomic E-state index is 0.211. The fourth-order valence-electron chi connectivity index (χ4n) is 5.82. The summed E-state index contributed by atoms with van der Waals surface area (Å²) < 4.78 is 17.1. The van der Waals surface area contributed by atoms with E-state index in [-0.39, 0.29) is 12.4 Å². The van der Waals surface area contributed by atoms with Crippen LogP contribution in [0.4, 0.5) is 0 Å². The third-order valence-corrected chi connectivity index (χ3v) is 7.87. The molecule has 0 saturated carbocycles. The Bertz CT molecular complexity index is 1660. The van der Waals surface area contributed by atoms with Crippen molar-refractivity contribution in [3.8, 4) is 22.6 Å². The third-order valence-electron chi connectivity index (χ3n) is 7.87. The summed E-state index contributed by atoms with van der Waals surface area (Å²) in [6.07, 6.45) is 4.17. The van der Waals surface area contributed by atoms with E-state index in [4.69, 9.17) is 14.2 Å². The number of benzene rings is 4. The number of ketones is 2. The smallest absolute Gasteiger partial charge is 0.298 e. The lowest BCUT2D eigenvalue weighted by atomic mass is 9.68. The average molecular weight is 559 g/mol. The van der Waals surface area contributed by atoms with Crippen LogP contribution in [0.1, 0.15) is 36.1 Å². The highest BCUT2D eigenvalue weighted by atomic mass is 16.8. The van der Waals surface area contributed by atoms with E-state index in [0.29, 0.717) is 11.5 Å². The van der Waals surface area contributed by atoms with Gasteiger partial charge in [0.1, 0.15) is 18.1 Å². The van der Waals surface area contributed by atoms with Crippen LogP contribution in [0, 0.1) is 0 Å². The van der Waals surface area contributed by atoms with Gasteiger partial charge in [-0.3, -0.25) is 9.59 Å². The summed E-state index contributed by atoms with van der Waals surface area (Å²) in [5, 5.41) is 10.5. The van der Waals surface area contributed by atoms with E-state index in [9.17, 15) is 14.7 Å². The van der Waals surface area contributed by atoms with Crippen LogP contribution in [0.15, 0.2) is 122 Å². The monoisotopic (exact) mass is 558 g/mol. The first-order chi connectivity index (χ1) is 20.2. The second kappa shape index (κ2) is 10.2. The van der Waals surface area contributed by atoms with E-state index in [0.717, 1.165) is 39.5 Å². The molecule has 6 heteroatoms. The number of hydrogen-bond donors (Lipinski definition) is 1. The molecule has 4 aromatic rings. The minimum atomic E-state index is -2.03. The lowest BCUT2D eigenvalue weighted by Crippen LogP contribution is -2.40. The molecule has 0 aromatic heterocycles. The molecule has 1 fully saturated rings. The zero-order valence-corrected chi connectivity index (χ0v) is 23.4. The maximum atomic E-state index is 12.5. The molecular weight excluding hydrogens is 528 g/mol. The number of fused-ring (bicyclic) bond motifs is 3. The van der Waals surface area contributed by atoms with Gasteiger partial charge in [0.05, 0.1) is 5.41 Å². The number of allylic oxidation sites excluding steroid dienone is 1. The molecule has 1 N–H and O–H groups in total. The molecule has 6 rings (SSSR count). The van der Waals surface area contributed by atoms with E-state index in [2.05, 4.69) is 30.8 Å². The minimum Gasteiger partial charge on any atom is -0.455 e. The largest absolute Gasteiger partial charge is 0.455 e. The van der Waals surface area contributed by atoms with Crippen molar-refractivity contribution in [3.05, 3.63) is 144 Å². The van der Waals surface area contributed by atoms with Crippen LogP contribution in [0.2, 0.25) is 0 Å². The van der Waals surface area contributed by atoms with Crippen LogP contribution in [0.5, 0.6) is 11.5 Å².